The van der Waals surface area contributed by atoms with Gasteiger partial charge in [-0.15, -0.1) is 0 Å². The lowest BCUT2D eigenvalue weighted by Crippen LogP contribution is -2.30. The van der Waals surface area contributed by atoms with E-state index in [4.69, 9.17) is 26.2 Å². The predicted molar refractivity (Wildman–Crippen MR) is 110 cm³/mol. The molecule has 1 heterocycles. The Morgan fingerprint density at radius 3 is 2.55 bits per heavy atom. The summed E-state index contributed by atoms with van der Waals surface area (Å²) in [5, 5.41) is 14.6. The van der Waals surface area contributed by atoms with Crippen molar-refractivity contribution in [2.24, 2.45) is 0 Å². The lowest BCUT2D eigenvalue weighted by atomic mass is 10.1. The Labute approximate surface area is 174 Å². The standard InChI is InChI=1S/C20H23ClN4O4/c1-3-28-17(29-4-2)11-10-15-12-22-19(21)25-18(15)24-16(13-23-20(26)27)14-8-6-5-7-9-14/h5-9,12,16-17,23H,3-4,13H2,1-2H3,(H,26,27)(H,22,24,25). The van der Waals surface area contributed by atoms with Crippen LogP contribution in [-0.4, -0.2) is 47.2 Å². The number of benzene rings is 1. The number of hydrogen-bond acceptors (Lipinski definition) is 6. The van der Waals surface area contributed by atoms with E-state index in [9.17, 15) is 4.79 Å². The maximum atomic E-state index is 11.0. The van der Waals surface area contributed by atoms with Gasteiger partial charge in [-0.2, -0.15) is 4.98 Å². The average Bonchev–Trinajstić information content (AvgIpc) is 2.71. The third-order valence-electron chi connectivity index (χ3n) is 3.69. The van der Waals surface area contributed by atoms with Crippen LogP contribution in [0.5, 0.6) is 0 Å². The molecule has 0 aliphatic carbocycles. The second-order valence-corrected chi connectivity index (χ2v) is 6.04. The molecule has 2 aromatic rings. The number of rotatable bonds is 9. The van der Waals surface area contributed by atoms with E-state index in [1.165, 1.54) is 6.20 Å². The highest BCUT2D eigenvalue weighted by Crippen LogP contribution is 2.21. The zero-order valence-corrected chi connectivity index (χ0v) is 16.9. The number of halogens is 1. The number of hydrogen-bond donors (Lipinski definition) is 3. The van der Waals surface area contributed by atoms with E-state index >= 15 is 0 Å². The molecule has 0 saturated heterocycles. The average molecular weight is 419 g/mol. The summed E-state index contributed by atoms with van der Waals surface area (Å²) in [5.41, 5.74) is 1.35. The van der Waals surface area contributed by atoms with Crippen LogP contribution in [0.4, 0.5) is 10.6 Å². The van der Waals surface area contributed by atoms with E-state index in [0.29, 0.717) is 24.6 Å². The number of amides is 1. The van der Waals surface area contributed by atoms with Crippen LogP contribution in [0.3, 0.4) is 0 Å². The first-order valence-electron chi connectivity index (χ1n) is 9.09. The molecule has 1 aromatic carbocycles. The van der Waals surface area contributed by atoms with Crippen molar-refractivity contribution in [1.82, 2.24) is 15.3 Å². The fourth-order valence-corrected chi connectivity index (χ4v) is 2.56. The number of nitrogens with one attached hydrogen (secondary N) is 2. The third-order valence-corrected chi connectivity index (χ3v) is 3.87. The quantitative estimate of drug-likeness (QED) is 0.326. The summed E-state index contributed by atoms with van der Waals surface area (Å²) in [7, 11) is 0. The van der Waals surface area contributed by atoms with E-state index in [-0.39, 0.29) is 11.8 Å². The van der Waals surface area contributed by atoms with Crippen molar-refractivity contribution < 1.29 is 19.4 Å². The van der Waals surface area contributed by atoms with Crippen LogP contribution in [-0.2, 0) is 9.47 Å². The molecule has 1 atom stereocenters. The first-order valence-corrected chi connectivity index (χ1v) is 9.46. The molecule has 1 amide bonds. The van der Waals surface area contributed by atoms with Crippen molar-refractivity contribution in [2.45, 2.75) is 26.2 Å². The predicted octanol–water partition coefficient (Wildman–Crippen LogP) is 3.30. The number of nitrogens with zero attached hydrogens (tertiary/aromatic N) is 2. The monoisotopic (exact) mass is 418 g/mol. The van der Waals surface area contributed by atoms with Gasteiger partial charge in [-0.3, -0.25) is 0 Å². The van der Waals surface area contributed by atoms with Gasteiger partial charge in [-0.05, 0) is 36.9 Å². The minimum Gasteiger partial charge on any atom is -0.465 e. The lowest BCUT2D eigenvalue weighted by Gasteiger charge is -2.20. The van der Waals surface area contributed by atoms with E-state index < -0.39 is 18.4 Å². The SMILES string of the molecule is CCOC(C#Cc1cnc(Cl)nc1NC(CNC(=O)O)c1ccccc1)OCC. The van der Waals surface area contributed by atoms with Crippen LogP contribution in [0, 0.1) is 11.8 Å². The highest BCUT2D eigenvalue weighted by Gasteiger charge is 2.16. The van der Waals surface area contributed by atoms with Crippen molar-refractivity contribution in [3.8, 4) is 11.8 Å². The highest BCUT2D eigenvalue weighted by molar-refractivity contribution is 6.28. The largest absolute Gasteiger partial charge is 0.465 e. The van der Waals surface area contributed by atoms with Crippen molar-refractivity contribution in [2.75, 3.05) is 25.1 Å². The fourth-order valence-electron chi connectivity index (χ4n) is 2.42. The lowest BCUT2D eigenvalue weighted by molar-refractivity contribution is -0.0969. The van der Waals surface area contributed by atoms with Gasteiger partial charge in [-0.1, -0.05) is 36.3 Å². The number of aromatic nitrogens is 2. The van der Waals surface area contributed by atoms with Gasteiger partial charge in [0.2, 0.25) is 11.6 Å². The van der Waals surface area contributed by atoms with E-state index in [0.717, 1.165) is 5.56 Å². The van der Waals surface area contributed by atoms with Crippen LogP contribution in [0.15, 0.2) is 36.5 Å². The molecule has 154 valence electrons. The van der Waals surface area contributed by atoms with Crippen LogP contribution in [0.25, 0.3) is 0 Å². The van der Waals surface area contributed by atoms with Crippen LogP contribution in [0.2, 0.25) is 5.28 Å². The molecule has 0 bridgehead atoms. The summed E-state index contributed by atoms with van der Waals surface area (Å²) in [6, 6.07) is 8.99. The van der Waals surface area contributed by atoms with Crippen molar-refractivity contribution >= 4 is 23.5 Å². The van der Waals surface area contributed by atoms with Crippen molar-refractivity contribution in [1.29, 1.82) is 0 Å². The second-order valence-electron chi connectivity index (χ2n) is 5.71. The first-order chi connectivity index (χ1) is 14.0. The third kappa shape index (κ3) is 7.58. The van der Waals surface area contributed by atoms with Gasteiger partial charge in [0.05, 0.1) is 11.6 Å². The summed E-state index contributed by atoms with van der Waals surface area (Å²) < 4.78 is 10.8. The molecule has 1 unspecified atom stereocenters. The number of anilines is 1. The summed E-state index contributed by atoms with van der Waals surface area (Å²) in [4.78, 5) is 19.2. The molecule has 8 nitrogen and oxygen atoms in total. The van der Waals surface area contributed by atoms with Crippen LogP contribution < -0.4 is 10.6 Å². The molecule has 3 N–H and O–H groups in total. The molecule has 0 saturated carbocycles. The van der Waals surface area contributed by atoms with E-state index in [1.807, 2.05) is 44.2 Å². The van der Waals surface area contributed by atoms with E-state index in [2.05, 4.69) is 32.4 Å². The van der Waals surface area contributed by atoms with Gasteiger partial charge >= 0.3 is 6.09 Å². The van der Waals surface area contributed by atoms with Gasteiger partial charge in [0.1, 0.15) is 5.82 Å². The first kappa shape index (κ1) is 22.4. The second kappa shape index (κ2) is 11.9. The highest BCUT2D eigenvalue weighted by atomic mass is 35.5. The smallest absolute Gasteiger partial charge is 0.404 e. The van der Waals surface area contributed by atoms with Gasteiger partial charge in [0.15, 0.2) is 0 Å². The van der Waals surface area contributed by atoms with Crippen LogP contribution >= 0.6 is 11.6 Å². The molecular formula is C20H23ClN4O4. The Kier molecular flexibility index (Phi) is 9.18. The molecule has 0 radical (unpaired) electrons. The molecule has 0 aliphatic heterocycles. The Balaban J connectivity index is 2.31. The Morgan fingerprint density at radius 2 is 1.93 bits per heavy atom. The molecule has 0 aliphatic rings. The molecule has 2 rings (SSSR count). The molecular weight excluding hydrogens is 396 g/mol. The Hall–Kier alpha value is -2.86. The topological polar surface area (TPSA) is 106 Å². The Morgan fingerprint density at radius 1 is 1.24 bits per heavy atom. The molecule has 1 aromatic heterocycles. The zero-order valence-electron chi connectivity index (χ0n) is 16.2. The molecule has 9 heteroatoms. The summed E-state index contributed by atoms with van der Waals surface area (Å²) in [6.45, 7) is 4.74. The van der Waals surface area contributed by atoms with Gasteiger partial charge in [0.25, 0.3) is 0 Å². The summed E-state index contributed by atoms with van der Waals surface area (Å²) in [5.74, 6) is 6.22. The minimum atomic E-state index is -1.12. The van der Waals surface area contributed by atoms with Crippen molar-refractivity contribution in [3.63, 3.8) is 0 Å². The zero-order chi connectivity index (χ0) is 21.1. The number of ether oxygens (including phenoxy) is 2. The maximum absolute atomic E-state index is 11.0. The maximum Gasteiger partial charge on any atom is 0.404 e. The molecule has 0 fully saturated rings. The van der Waals surface area contributed by atoms with Gasteiger partial charge < -0.3 is 25.2 Å². The molecule has 29 heavy (non-hydrogen) atoms. The normalized spacial score (nSPS) is 11.4. The van der Waals surface area contributed by atoms with Crippen molar-refractivity contribution in [3.05, 3.63) is 52.9 Å². The fraction of sp³-hybridized carbons (Fsp3) is 0.350. The van der Waals surface area contributed by atoms with Gasteiger partial charge in [0, 0.05) is 26.0 Å². The van der Waals surface area contributed by atoms with Gasteiger partial charge in [-0.25, -0.2) is 9.78 Å². The number of carboxylic acid groups (broad SMARTS) is 1. The molecule has 0 spiro atoms. The van der Waals surface area contributed by atoms with Crippen LogP contribution in [0.1, 0.15) is 31.0 Å². The summed E-state index contributed by atoms with van der Waals surface area (Å²) >= 11 is 5.97. The summed E-state index contributed by atoms with van der Waals surface area (Å²) in [6.07, 6.45) is -0.302. The number of carbonyl (C=O) groups is 1. The minimum absolute atomic E-state index is 0.0437. The Bertz CT molecular complexity index is 849. The van der Waals surface area contributed by atoms with E-state index in [1.54, 1.807) is 0 Å².